The van der Waals surface area contributed by atoms with Crippen molar-refractivity contribution in [2.24, 2.45) is 0 Å². The summed E-state index contributed by atoms with van der Waals surface area (Å²) in [4.78, 5) is 11.2. The predicted molar refractivity (Wildman–Crippen MR) is 66.4 cm³/mol. The van der Waals surface area contributed by atoms with Gasteiger partial charge in [0.05, 0.1) is 5.56 Å². The molecular weight excluding hydrogens is 230 g/mol. The highest BCUT2D eigenvalue weighted by atomic mass is 16.5. The van der Waals surface area contributed by atoms with Crippen molar-refractivity contribution in [2.45, 2.75) is 0 Å². The zero-order chi connectivity index (χ0) is 12.5. The molecule has 0 spiro atoms. The fraction of sp³-hybridized carbons (Fsp3) is 0. The Balaban J connectivity index is 2.30. The topological polar surface area (TPSA) is 63.3 Å². The van der Waals surface area contributed by atoms with E-state index in [2.05, 4.69) is 5.16 Å². The zero-order valence-electron chi connectivity index (χ0n) is 9.33. The molecule has 0 unspecified atom stereocenters. The van der Waals surface area contributed by atoms with Gasteiger partial charge in [-0.05, 0) is 18.2 Å². The molecule has 0 radical (unpaired) electrons. The third-order valence-electron chi connectivity index (χ3n) is 2.79. The molecule has 18 heavy (non-hydrogen) atoms. The molecule has 88 valence electrons. The summed E-state index contributed by atoms with van der Waals surface area (Å²) < 4.78 is 5.28. The Morgan fingerprint density at radius 2 is 1.78 bits per heavy atom. The third-order valence-corrected chi connectivity index (χ3v) is 2.79. The molecule has 1 heterocycles. The molecule has 0 bridgehead atoms. The van der Waals surface area contributed by atoms with Crippen LogP contribution in [0.5, 0.6) is 0 Å². The highest BCUT2D eigenvalue weighted by Crippen LogP contribution is 2.30. The van der Waals surface area contributed by atoms with Gasteiger partial charge in [0.2, 0.25) is 0 Å². The molecular formula is C14H9NO3. The van der Waals surface area contributed by atoms with Crippen molar-refractivity contribution in [1.82, 2.24) is 5.16 Å². The van der Waals surface area contributed by atoms with Crippen molar-refractivity contribution >= 4 is 16.9 Å². The molecule has 4 nitrogen and oxygen atoms in total. The summed E-state index contributed by atoms with van der Waals surface area (Å²) in [6, 6.07) is 14.1. The number of hydrogen-bond donors (Lipinski definition) is 1. The molecule has 3 aromatic rings. The van der Waals surface area contributed by atoms with E-state index in [1.807, 2.05) is 24.3 Å². The minimum atomic E-state index is -0.980. The van der Waals surface area contributed by atoms with Crippen molar-refractivity contribution in [3.8, 4) is 11.3 Å². The molecule has 3 rings (SSSR count). The number of carboxylic acid groups (broad SMARTS) is 1. The van der Waals surface area contributed by atoms with Crippen molar-refractivity contribution in [3.05, 3.63) is 54.1 Å². The van der Waals surface area contributed by atoms with Gasteiger partial charge in [-0.3, -0.25) is 0 Å². The highest BCUT2D eigenvalue weighted by Gasteiger charge is 2.16. The molecule has 0 saturated carbocycles. The number of benzene rings is 2. The van der Waals surface area contributed by atoms with E-state index in [0.29, 0.717) is 16.8 Å². The van der Waals surface area contributed by atoms with Crippen LogP contribution in [0.2, 0.25) is 0 Å². The average molecular weight is 239 g/mol. The van der Waals surface area contributed by atoms with Crippen LogP contribution in [0.15, 0.2) is 53.1 Å². The van der Waals surface area contributed by atoms with Gasteiger partial charge in [-0.15, -0.1) is 0 Å². The van der Waals surface area contributed by atoms with E-state index in [1.54, 1.807) is 24.3 Å². The van der Waals surface area contributed by atoms with Gasteiger partial charge in [0.1, 0.15) is 5.52 Å². The van der Waals surface area contributed by atoms with E-state index in [9.17, 15) is 9.90 Å². The van der Waals surface area contributed by atoms with E-state index in [-0.39, 0.29) is 5.56 Å². The van der Waals surface area contributed by atoms with Gasteiger partial charge >= 0.3 is 5.97 Å². The lowest BCUT2D eigenvalue weighted by Crippen LogP contribution is -1.98. The number of carboxylic acids is 1. The summed E-state index contributed by atoms with van der Waals surface area (Å²) in [5, 5.41) is 13.9. The molecule has 0 aliphatic rings. The molecule has 0 aliphatic carbocycles. The molecule has 0 atom stereocenters. The first-order valence-corrected chi connectivity index (χ1v) is 5.44. The number of fused-ring (bicyclic) bond motifs is 1. The van der Waals surface area contributed by atoms with E-state index in [4.69, 9.17) is 4.52 Å². The van der Waals surface area contributed by atoms with Gasteiger partial charge in [0.25, 0.3) is 0 Å². The largest absolute Gasteiger partial charge is 0.478 e. The summed E-state index contributed by atoms with van der Waals surface area (Å²) in [6.45, 7) is 0. The van der Waals surface area contributed by atoms with E-state index in [1.165, 1.54) is 0 Å². The smallest absolute Gasteiger partial charge is 0.336 e. The second-order valence-corrected chi connectivity index (χ2v) is 3.88. The lowest BCUT2D eigenvalue weighted by Gasteiger charge is -2.01. The molecule has 4 heteroatoms. The van der Waals surface area contributed by atoms with Crippen LogP contribution in [0.3, 0.4) is 0 Å². The zero-order valence-corrected chi connectivity index (χ0v) is 9.33. The van der Waals surface area contributed by atoms with Crippen molar-refractivity contribution in [1.29, 1.82) is 0 Å². The highest BCUT2D eigenvalue weighted by molar-refractivity contribution is 6.00. The quantitative estimate of drug-likeness (QED) is 0.745. The van der Waals surface area contributed by atoms with Gasteiger partial charge in [0.15, 0.2) is 5.76 Å². The van der Waals surface area contributed by atoms with Gasteiger partial charge in [0, 0.05) is 10.9 Å². The van der Waals surface area contributed by atoms with Crippen LogP contribution in [0.1, 0.15) is 10.4 Å². The number of rotatable bonds is 2. The Hall–Kier alpha value is -2.62. The minimum Gasteiger partial charge on any atom is -0.478 e. The van der Waals surface area contributed by atoms with Crippen LogP contribution in [0.4, 0.5) is 0 Å². The van der Waals surface area contributed by atoms with Gasteiger partial charge in [-0.2, -0.15) is 0 Å². The summed E-state index contributed by atoms with van der Waals surface area (Å²) in [7, 11) is 0. The second-order valence-electron chi connectivity index (χ2n) is 3.88. The lowest BCUT2D eigenvalue weighted by atomic mass is 10.0. The van der Waals surface area contributed by atoms with Crippen LogP contribution in [0.25, 0.3) is 22.2 Å². The van der Waals surface area contributed by atoms with Crippen LogP contribution in [0, 0.1) is 0 Å². The Morgan fingerprint density at radius 1 is 1.06 bits per heavy atom. The maximum atomic E-state index is 11.2. The molecule has 2 aromatic carbocycles. The van der Waals surface area contributed by atoms with Gasteiger partial charge in [-0.1, -0.05) is 35.5 Å². The van der Waals surface area contributed by atoms with Crippen molar-refractivity contribution in [3.63, 3.8) is 0 Å². The normalized spacial score (nSPS) is 10.7. The molecule has 1 N–H and O–H groups in total. The Bertz CT molecular complexity index is 730. The van der Waals surface area contributed by atoms with E-state index >= 15 is 0 Å². The number of nitrogens with zero attached hydrogens (tertiary/aromatic N) is 1. The van der Waals surface area contributed by atoms with E-state index < -0.39 is 5.97 Å². The summed E-state index contributed by atoms with van der Waals surface area (Å²) in [5.74, 6) is -0.491. The van der Waals surface area contributed by atoms with Crippen LogP contribution in [-0.2, 0) is 0 Å². The third kappa shape index (κ3) is 1.55. The first-order valence-electron chi connectivity index (χ1n) is 5.44. The Morgan fingerprint density at radius 3 is 2.61 bits per heavy atom. The summed E-state index contributed by atoms with van der Waals surface area (Å²) in [5.41, 5.74) is 1.46. The predicted octanol–water partition coefficient (Wildman–Crippen LogP) is 3.19. The second kappa shape index (κ2) is 4.00. The van der Waals surface area contributed by atoms with Crippen LogP contribution < -0.4 is 0 Å². The first kappa shape index (κ1) is 10.5. The minimum absolute atomic E-state index is 0.208. The van der Waals surface area contributed by atoms with Gasteiger partial charge in [-0.25, -0.2) is 4.79 Å². The number of hydrogen-bond acceptors (Lipinski definition) is 3. The first-order chi connectivity index (χ1) is 8.77. The molecule has 0 fully saturated rings. The number of carbonyl (C=O) groups is 1. The fourth-order valence-corrected chi connectivity index (χ4v) is 1.95. The summed E-state index contributed by atoms with van der Waals surface area (Å²) in [6.07, 6.45) is 0. The van der Waals surface area contributed by atoms with Crippen molar-refractivity contribution in [2.75, 3.05) is 0 Å². The Labute approximate surface area is 102 Å². The average Bonchev–Trinajstić information content (AvgIpc) is 2.82. The molecule has 0 saturated heterocycles. The molecule has 1 aromatic heterocycles. The lowest BCUT2D eigenvalue weighted by molar-refractivity contribution is 0.0697. The van der Waals surface area contributed by atoms with Crippen molar-refractivity contribution < 1.29 is 14.4 Å². The number of aromatic carboxylic acids is 1. The fourth-order valence-electron chi connectivity index (χ4n) is 1.95. The van der Waals surface area contributed by atoms with Crippen LogP contribution >= 0.6 is 0 Å². The molecule has 0 amide bonds. The van der Waals surface area contributed by atoms with E-state index in [0.717, 1.165) is 5.39 Å². The summed E-state index contributed by atoms with van der Waals surface area (Å²) >= 11 is 0. The van der Waals surface area contributed by atoms with Gasteiger partial charge < -0.3 is 9.63 Å². The van der Waals surface area contributed by atoms with Crippen LogP contribution in [-0.4, -0.2) is 16.2 Å². The maximum Gasteiger partial charge on any atom is 0.336 e. The SMILES string of the molecule is O=C(O)c1ccccc1-c1onc2ccccc12. The maximum absolute atomic E-state index is 11.2. The Kier molecular flexibility index (Phi) is 2.34. The monoisotopic (exact) mass is 239 g/mol. The standard InChI is InChI=1S/C14H9NO3/c16-14(17)10-6-2-1-5-9(10)13-11-7-3-4-8-12(11)15-18-13/h1-8H,(H,16,17). The number of aromatic nitrogens is 1. The molecule has 0 aliphatic heterocycles.